The quantitative estimate of drug-likeness (QED) is 0.419. The second kappa shape index (κ2) is 13.0. The molecule has 1 atom stereocenters. The summed E-state index contributed by atoms with van der Waals surface area (Å²) in [5.74, 6) is 0.751. The van der Waals surface area contributed by atoms with E-state index in [1.165, 1.54) is 0 Å². The Hall–Kier alpha value is -3.88. The van der Waals surface area contributed by atoms with Crippen molar-refractivity contribution in [2.24, 2.45) is 0 Å². The van der Waals surface area contributed by atoms with Crippen LogP contribution in [0.3, 0.4) is 0 Å². The first-order valence-electron chi connectivity index (χ1n) is 14.8. The van der Waals surface area contributed by atoms with Crippen LogP contribution in [0.5, 0.6) is 5.75 Å². The van der Waals surface area contributed by atoms with Crippen molar-refractivity contribution in [3.63, 3.8) is 0 Å². The number of aryl methyl sites for hydroxylation is 1. The van der Waals surface area contributed by atoms with E-state index in [1.54, 1.807) is 7.11 Å². The number of carbonyl (C=O) groups excluding carboxylic acids is 2. The van der Waals surface area contributed by atoms with E-state index in [-0.39, 0.29) is 17.9 Å². The van der Waals surface area contributed by atoms with Crippen molar-refractivity contribution in [1.29, 1.82) is 0 Å². The molecule has 0 aromatic heterocycles. The number of piperazine rings is 1. The third-order valence-electron chi connectivity index (χ3n) is 8.43. The van der Waals surface area contributed by atoms with E-state index in [0.29, 0.717) is 5.56 Å². The molecule has 42 heavy (non-hydrogen) atoms. The SMILES string of the molecule is COc1ccc(NC(=O)c2ccc(-c3ccc(C(=O)N4CCCC4CN(C)C)cc3C)cc2)cc1N1CCN(C)CC1. The number of likely N-dealkylation sites (N-methyl/N-ethyl adjacent to an activating group) is 2. The van der Waals surface area contributed by atoms with Gasteiger partial charge in [0, 0.05) is 62.1 Å². The predicted molar refractivity (Wildman–Crippen MR) is 170 cm³/mol. The highest BCUT2D eigenvalue weighted by atomic mass is 16.5. The van der Waals surface area contributed by atoms with E-state index in [1.807, 2.05) is 72.5 Å². The number of hydrogen-bond donors (Lipinski definition) is 1. The fourth-order valence-corrected chi connectivity index (χ4v) is 6.07. The Morgan fingerprint density at radius 2 is 1.64 bits per heavy atom. The van der Waals surface area contributed by atoms with Crippen LogP contribution >= 0.6 is 0 Å². The molecule has 3 aromatic carbocycles. The summed E-state index contributed by atoms with van der Waals surface area (Å²) in [5, 5.41) is 3.05. The molecular formula is C34H43N5O3. The van der Waals surface area contributed by atoms with E-state index >= 15 is 0 Å². The third-order valence-corrected chi connectivity index (χ3v) is 8.43. The first-order valence-corrected chi connectivity index (χ1v) is 14.8. The zero-order chi connectivity index (χ0) is 29.8. The van der Waals surface area contributed by atoms with Gasteiger partial charge in [0.15, 0.2) is 0 Å². The van der Waals surface area contributed by atoms with Gasteiger partial charge in [-0.1, -0.05) is 18.2 Å². The molecule has 0 radical (unpaired) electrons. The van der Waals surface area contributed by atoms with E-state index in [0.717, 1.165) is 91.5 Å². The molecule has 8 nitrogen and oxygen atoms in total. The molecule has 2 amide bonds. The number of amides is 2. The van der Waals surface area contributed by atoms with Crippen molar-refractivity contribution in [1.82, 2.24) is 14.7 Å². The lowest BCUT2D eigenvalue weighted by Crippen LogP contribution is -2.44. The summed E-state index contributed by atoms with van der Waals surface area (Å²) in [5.41, 5.74) is 6.15. The summed E-state index contributed by atoms with van der Waals surface area (Å²) in [7, 11) is 7.92. The number of anilines is 2. The fourth-order valence-electron chi connectivity index (χ4n) is 6.07. The molecule has 0 saturated carbocycles. The highest BCUT2D eigenvalue weighted by molar-refractivity contribution is 6.05. The molecule has 0 bridgehead atoms. The van der Waals surface area contributed by atoms with Crippen LogP contribution < -0.4 is 15.0 Å². The summed E-state index contributed by atoms with van der Waals surface area (Å²) < 4.78 is 5.61. The highest BCUT2D eigenvalue weighted by Gasteiger charge is 2.30. The van der Waals surface area contributed by atoms with Crippen LogP contribution in [0, 0.1) is 6.92 Å². The molecule has 0 spiro atoms. The number of rotatable bonds is 8. The maximum absolute atomic E-state index is 13.3. The Bertz CT molecular complexity index is 1410. The van der Waals surface area contributed by atoms with Crippen LogP contribution in [0.15, 0.2) is 60.7 Å². The minimum absolute atomic E-state index is 0.107. The van der Waals surface area contributed by atoms with Crippen molar-refractivity contribution in [2.75, 3.05) is 77.7 Å². The molecule has 222 valence electrons. The third kappa shape index (κ3) is 6.61. The molecule has 0 aliphatic carbocycles. The van der Waals surface area contributed by atoms with Crippen molar-refractivity contribution in [3.8, 4) is 16.9 Å². The molecule has 5 rings (SSSR count). The highest BCUT2D eigenvalue weighted by Crippen LogP contribution is 2.32. The second-order valence-electron chi connectivity index (χ2n) is 11.8. The van der Waals surface area contributed by atoms with E-state index in [4.69, 9.17) is 4.74 Å². The second-order valence-corrected chi connectivity index (χ2v) is 11.8. The zero-order valence-electron chi connectivity index (χ0n) is 25.5. The van der Waals surface area contributed by atoms with Gasteiger partial charge in [0.05, 0.1) is 12.8 Å². The minimum Gasteiger partial charge on any atom is -0.495 e. The number of hydrogen-bond acceptors (Lipinski definition) is 6. The fraction of sp³-hybridized carbons (Fsp3) is 0.412. The van der Waals surface area contributed by atoms with Gasteiger partial charge in [0.2, 0.25) is 0 Å². The molecule has 2 aliphatic heterocycles. The average molecular weight is 570 g/mol. The van der Waals surface area contributed by atoms with Crippen molar-refractivity contribution in [2.45, 2.75) is 25.8 Å². The Kier molecular flexibility index (Phi) is 9.14. The Labute approximate surface area is 249 Å². The summed E-state index contributed by atoms with van der Waals surface area (Å²) in [6.45, 7) is 7.54. The van der Waals surface area contributed by atoms with Gasteiger partial charge in [-0.05, 0) is 100 Å². The van der Waals surface area contributed by atoms with Crippen LogP contribution in [-0.4, -0.2) is 100 Å². The number of ether oxygens (including phenoxy) is 1. The Morgan fingerprint density at radius 3 is 2.31 bits per heavy atom. The normalized spacial score (nSPS) is 17.5. The van der Waals surface area contributed by atoms with Crippen LogP contribution in [0.2, 0.25) is 0 Å². The van der Waals surface area contributed by atoms with Gasteiger partial charge < -0.3 is 29.7 Å². The first-order chi connectivity index (χ1) is 20.2. The predicted octanol–water partition coefficient (Wildman–Crippen LogP) is 4.84. The van der Waals surface area contributed by atoms with E-state index < -0.39 is 0 Å². The van der Waals surface area contributed by atoms with Crippen LogP contribution in [0.25, 0.3) is 11.1 Å². The Morgan fingerprint density at radius 1 is 0.929 bits per heavy atom. The smallest absolute Gasteiger partial charge is 0.255 e. The molecule has 2 aliphatic rings. The number of methoxy groups -OCH3 is 1. The zero-order valence-corrected chi connectivity index (χ0v) is 25.5. The maximum atomic E-state index is 13.3. The van der Waals surface area contributed by atoms with Gasteiger partial charge in [-0.15, -0.1) is 0 Å². The lowest BCUT2D eigenvalue weighted by molar-refractivity contribution is 0.0716. The van der Waals surface area contributed by atoms with Gasteiger partial charge in [0.1, 0.15) is 5.75 Å². The molecular weight excluding hydrogens is 526 g/mol. The van der Waals surface area contributed by atoms with E-state index in [2.05, 4.69) is 41.2 Å². The van der Waals surface area contributed by atoms with E-state index in [9.17, 15) is 9.59 Å². The summed E-state index contributed by atoms with van der Waals surface area (Å²) >= 11 is 0. The largest absolute Gasteiger partial charge is 0.495 e. The summed E-state index contributed by atoms with van der Waals surface area (Å²) in [6, 6.07) is 19.6. The van der Waals surface area contributed by atoms with Gasteiger partial charge in [-0.25, -0.2) is 0 Å². The standard InChI is InChI=1S/C34H43N5O3/c1-24-21-27(34(41)39-16-6-7-29(39)23-36(2)3)12-14-30(24)25-8-10-26(11-9-25)33(40)35-28-13-15-32(42-5)31(22-28)38-19-17-37(4)18-20-38/h8-15,21-22,29H,6-7,16-20,23H2,1-5H3,(H,35,40). The van der Waals surface area contributed by atoms with Gasteiger partial charge in [0.25, 0.3) is 11.8 Å². The van der Waals surface area contributed by atoms with Crippen molar-refractivity contribution in [3.05, 3.63) is 77.4 Å². The monoisotopic (exact) mass is 569 g/mol. The average Bonchev–Trinajstić information content (AvgIpc) is 3.44. The van der Waals surface area contributed by atoms with Gasteiger partial charge >= 0.3 is 0 Å². The number of benzene rings is 3. The van der Waals surface area contributed by atoms with Crippen molar-refractivity contribution < 1.29 is 14.3 Å². The van der Waals surface area contributed by atoms with Crippen LogP contribution in [-0.2, 0) is 0 Å². The van der Waals surface area contributed by atoms with Crippen molar-refractivity contribution >= 4 is 23.2 Å². The molecule has 8 heteroatoms. The summed E-state index contributed by atoms with van der Waals surface area (Å²) in [4.78, 5) is 35.3. The summed E-state index contributed by atoms with van der Waals surface area (Å²) in [6.07, 6.45) is 2.11. The topological polar surface area (TPSA) is 68.4 Å². The molecule has 2 heterocycles. The Balaban J connectivity index is 1.26. The molecule has 3 aromatic rings. The number of carbonyl (C=O) groups is 2. The van der Waals surface area contributed by atoms with Crippen LogP contribution in [0.1, 0.15) is 39.1 Å². The lowest BCUT2D eigenvalue weighted by Gasteiger charge is -2.34. The first kappa shape index (κ1) is 29.6. The number of likely N-dealkylation sites (tertiary alicyclic amines) is 1. The minimum atomic E-state index is -0.161. The number of nitrogens with zero attached hydrogens (tertiary/aromatic N) is 4. The molecule has 2 fully saturated rings. The van der Waals surface area contributed by atoms with Crippen LogP contribution in [0.4, 0.5) is 11.4 Å². The molecule has 1 N–H and O–H groups in total. The number of nitrogens with one attached hydrogen (secondary N) is 1. The maximum Gasteiger partial charge on any atom is 0.255 e. The van der Waals surface area contributed by atoms with Gasteiger partial charge in [-0.3, -0.25) is 9.59 Å². The molecule has 1 unspecified atom stereocenters. The molecule has 2 saturated heterocycles. The lowest BCUT2D eigenvalue weighted by atomic mass is 9.97. The van der Waals surface area contributed by atoms with Gasteiger partial charge in [-0.2, -0.15) is 0 Å².